The second-order valence-electron chi connectivity index (χ2n) is 5.29. The zero-order valence-corrected chi connectivity index (χ0v) is 13.2. The summed E-state index contributed by atoms with van der Waals surface area (Å²) >= 11 is 0. The molecule has 1 saturated heterocycles. The Morgan fingerprint density at radius 3 is 2.50 bits per heavy atom. The highest BCUT2D eigenvalue weighted by Gasteiger charge is 2.24. The first-order valence-corrected chi connectivity index (χ1v) is 8.65. The number of furan rings is 1. The van der Waals surface area contributed by atoms with Crippen LogP contribution in [0.4, 0.5) is 0 Å². The summed E-state index contributed by atoms with van der Waals surface area (Å²) in [5, 5.41) is 3.08. The van der Waals surface area contributed by atoms with E-state index in [2.05, 4.69) is 16.3 Å². The normalized spacial score (nSPS) is 18.6. The molecule has 114 valence electrons. The molecule has 0 saturated carbocycles. The molecule has 1 fully saturated rings. The fraction of sp³-hybridized carbons (Fsp3) is 0.692. The van der Waals surface area contributed by atoms with Crippen molar-refractivity contribution in [3.8, 4) is 0 Å². The Hall–Kier alpha value is -0.890. The first-order valence-electron chi connectivity index (χ1n) is 6.80. The third-order valence-electron chi connectivity index (χ3n) is 3.59. The highest BCUT2D eigenvalue weighted by molar-refractivity contribution is 7.88. The minimum atomic E-state index is -3.06. The largest absolute Gasteiger partial charge is 0.463 e. The zero-order valence-electron chi connectivity index (χ0n) is 12.3. The van der Waals surface area contributed by atoms with E-state index in [0.29, 0.717) is 13.1 Å². The summed E-state index contributed by atoms with van der Waals surface area (Å²) in [7, 11) is -1.16. The molecule has 1 aliphatic heterocycles. The molecule has 1 aromatic heterocycles. The van der Waals surface area contributed by atoms with E-state index in [1.807, 2.05) is 14.0 Å². The number of sulfonamides is 1. The van der Waals surface area contributed by atoms with Gasteiger partial charge in [-0.05, 0) is 25.6 Å². The van der Waals surface area contributed by atoms with Crippen molar-refractivity contribution in [1.82, 2.24) is 14.5 Å². The van der Waals surface area contributed by atoms with Crippen molar-refractivity contribution in [3.05, 3.63) is 23.2 Å². The molecule has 0 spiro atoms. The van der Waals surface area contributed by atoms with Crippen LogP contribution >= 0.6 is 0 Å². The fourth-order valence-corrected chi connectivity index (χ4v) is 3.27. The summed E-state index contributed by atoms with van der Waals surface area (Å²) in [6, 6.07) is 2.07. The van der Waals surface area contributed by atoms with Gasteiger partial charge in [-0.25, -0.2) is 8.42 Å². The number of hydrogen-bond acceptors (Lipinski definition) is 5. The molecule has 0 amide bonds. The molecule has 1 N–H and O–H groups in total. The summed E-state index contributed by atoms with van der Waals surface area (Å²) in [6.45, 7) is 6.11. The molecule has 1 aromatic rings. The summed E-state index contributed by atoms with van der Waals surface area (Å²) < 4.78 is 30.3. The van der Waals surface area contributed by atoms with Gasteiger partial charge in [0, 0.05) is 26.2 Å². The predicted octanol–water partition coefficient (Wildman–Crippen LogP) is 0.385. The lowest BCUT2D eigenvalue weighted by atomic mass is 10.2. The lowest BCUT2D eigenvalue weighted by molar-refractivity contribution is 0.170. The third-order valence-corrected chi connectivity index (χ3v) is 4.89. The average Bonchev–Trinajstić information content (AvgIpc) is 2.70. The molecule has 0 unspecified atom stereocenters. The molecular formula is C13H23N3O3S. The van der Waals surface area contributed by atoms with E-state index >= 15 is 0 Å². The van der Waals surface area contributed by atoms with Gasteiger partial charge in [0.2, 0.25) is 10.0 Å². The van der Waals surface area contributed by atoms with Gasteiger partial charge in [0.05, 0.1) is 19.3 Å². The molecule has 0 atom stereocenters. The minimum absolute atomic E-state index is 0.557. The van der Waals surface area contributed by atoms with Crippen LogP contribution in [0.15, 0.2) is 10.5 Å². The topological polar surface area (TPSA) is 65.8 Å². The van der Waals surface area contributed by atoms with Crippen LogP contribution in [0.3, 0.4) is 0 Å². The maximum atomic E-state index is 11.5. The van der Waals surface area contributed by atoms with Gasteiger partial charge in [0.25, 0.3) is 0 Å². The minimum Gasteiger partial charge on any atom is -0.463 e. The number of nitrogens with one attached hydrogen (secondary N) is 1. The van der Waals surface area contributed by atoms with Gasteiger partial charge < -0.3 is 9.73 Å². The fourth-order valence-electron chi connectivity index (χ4n) is 2.44. The number of nitrogens with zero attached hydrogens (tertiary/aromatic N) is 2. The van der Waals surface area contributed by atoms with Gasteiger partial charge in [-0.1, -0.05) is 0 Å². The van der Waals surface area contributed by atoms with E-state index in [1.165, 1.54) is 10.6 Å². The Labute approximate surface area is 120 Å². The van der Waals surface area contributed by atoms with Gasteiger partial charge >= 0.3 is 0 Å². The Bertz CT molecular complexity index is 545. The van der Waals surface area contributed by atoms with Crippen LogP contribution in [-0.2, 0) is 23.1 Å². The number of piperazine rings is 1. The van der Waals surface area contributed by atoms with Crippen molar-refractivity contribution >= 4 is 10.0 Å². The maximum Gasteiger partial charge on any atom is 0.211 e. The molecular weight excluding hydrogens is 278 g/mol. The molecule has 20 heavy (non-hydrogen) atoms. The Kier molecular flexibility index (Phi) is 4.85. The van der Waals surface area contributed by atoms with Crippen LogP contribution in [0.5, 0.6) is 0 Å². The van der Waals surface area contributed by atoms with E-state index in [4.69, 9.17) is 4.42 Å². The van der Waals surface area contributed by atoms with Crippen molar-refractivity contribution in [2.75, 3.05) is 39.5 Å². The van der Waals surface area contributed by atoms with Gasteiger partial charge in [-0.2, -0.15) is 4.31 Å². The standard InChI is InChI=1S/C13H23N3O3S/c1-11-8-12(19-13(11)9-14-2)10-15-4-6-16(7-5-15)20(3,17)18/h8,14H,4-7,9-10H2,1-3H3. The summed E-state index contributed by atoms with van der Waals surface area (Å²) in [4.78, 5) is 2.23. The van der Waals surface area contributed by atoms with Crippen LogP contribution < -0.4 is 5.32 Å². The molecule has 6 nitrogen and oxygen atoms in total. The molecule has 0 aromatic carbocycles. The van der Waals surface area contributed by atoms with Crippen LogP contribution in [0.25, 0.3) is 0 Å². The molecule has 0 radical (unpaired) electrons. The Morgan fingerprint density at radius 1 is 1.30 bits per heavy atom. The van der Waals surface area contributed by atoms with Gasteiger partial charge in [0.15, 0.2) is 0 Å². The molecule has 2 heterocycles. The summed E-state index contributed by atoms with van der Waals surface area (Å²) in [5.74, 6) is 1.91. The zero-order chi connectivity index (χ0) is 14.8. The van der Waals surface area contributed by atoms with Crippen LogP contribution in [-0.4, -0.2) is 57.1 Å². The highest BCUT2D eigenvalue weighted by Crippen LogP contribution is 2.17. The maximum absolute atomic E-state index is 11.5. The first-order chi connectivity index (χ1) is 9.40. The van der Waals surface area contributed by atoms with E-state index in [9.17, 15) is 8.42 Å². The van der Waals surface area contributed by atoms with Crippen molar-refractivity contribution in [1.29, 1.82) is 0 Å². The SMILES string of the molecule is CNCc1oc(CN2CCN(S(C)(=O)=O)CC2)cc1C. The van der Waals surface area contributed by atoms with E-state index in [0.717, 1.165) is 43.3 Å². The average molecular weight is 301 g/mol. The highest BCUT2D eigenvalue weighted by atomic mass is 32.2. The van der Waals surface area contributed by atoms with Gasteiger partial charge in [0.1, 0.15) is 11.5 Å². The molecule has 0 aliphatic carbocycles. The van der Waals surface area contributed by atoms with Crippen molar-refractivity contribution in [2.45, 2.75) is 20.0 Å². The first kappa shape index (κ1) is 15.5. The van der Waals surface area contributed by atoms with E-state index in [-0.39, 0.29) is 0 Å². The number of hydrogen-bond donors (Lipinski definition) is 1. The van der Waals surface area contributed by atoms with Crippen LogP contribution in [0.2, 0.25) is 0 Å². The summed E-state index contributed by atoms with van der Waals surface area (Å²) in [6.07, 6.45) is 1.27. The molecule has 1 aliphatic rings. The molecule has 0 bridgehead atoms. The number of aryl methyl sites for hydroxylation is 1. The molecule has 7 heteroatoms. The second-order valence-corrected chi connectivity index (χ2v) is 7.27. The Morgan fingerprint density at radius 2 is 1.95 bits per heavy atom. The predicted molar refractivity (Wildman–Crippen MR) is 77.9 cm³/mol. The lowest BCUT2D eigenvalue weighted by Gasteiger charge is -2.32. The number of rotatable bonds is 5. The second kappa shape index (κ2) is 6.26. The van der Waals surface area contributed by atoms with Gasteiger partial charge in [-0.15, -0.1) is 0 Å². The van der Waals surface area contributed by atoms with Gasteiger partial charge in [-0.3, -0.25) is 4.90 Å². The third kappa shape index (κ3) is 3.82. The van der Waals surface area contributed by atoms with Crippen molar-refractivity contribution < 1.29 is 12.8 Å². The van der Waals surface area contributed by atoms with Crippen LogP contribution in [0.1, 0.15) is 17.1 Å². The monoisotopic (exact) mass is 301 g/mol. The Balaban J connectivity index is 1.91. The van der Waals surface area contributed by atoms with Crippen LogP contribution in [0, 0.1) is 6.92 Å². The smallest absolute Gasteiger partial charge is 0.211 e. The quantitative estimate of drug-likeness (QED) is 0.852. The lowest BCUT2D eigenvalue weighted by Crippen LogP contribution is -2.47. The van der Waals surface area contributed by atoms with E-state index in [1.54, 1.807) is 0 Å². The summed E-state index contributed by atoms with van der Waals surface area (Å²) in [5.41, 5.74) is 1.16. The van der Waals surface area contributed by atoms with E-state index < -0.39 is 10.0 Å². The van der Waals surface area contributed by atoms with Crippen molar-refractivity contribution in [3.63, 3.8) is 0 Å². The van der Waals surface area contributed by atoms with Crippen molar-refractivity contribution in [2.24, 2.45) is 0 Å². The molecule has 2 rings (SSSR count).